The number of nitro groups is 1. The number of benzene rings is 2. The normalized spacial score (nSPS) is 16.0. The first-order valence-corrected chi connectivity index (χ1v) is 9.61. The molecule has 0 spiro atoms. The van der Waals surface area contributed by atoms with Gasteiger partial charge in [-0.05, 0) is 24.0 Å². The van der Waals surface area contributed by atoms with Crippen molar-refractivity contribution in [3.05, 3.63) is 75.8 Å². The van der Waals surface area contributed by atoms with Gasteiger partial charge in [-0.15, -0.1) is 0 Å². The summed E-state index contributed by atoms with van der Waals surface area (Å²) in [6, 6.07) is 17.5. The van der Waals surface area contributed by atoms with Crippen LogP contribution in [0, 0.1) is 10.1 Å². The lowest BCUT2D eigenvalue weighted by Gasteiger charge is -2.33. The van der Waals surface area contributed by atoms with Crippen molar-refractivity contribution in [2.75, 3.05) is 20.1 Å². The van der Waals surface area contributed by atoms with Gasteiger partial charge in [-0.3, -0.25) is 20.0 Å². The topological polar surface area (TPSA) is 82.8 Å². The summed E-state index contributed by atoms with van der Waals surface area (Å²) in [4.78, 5) is 17.1. The molecule has 0 radical (unpaired) electrons. The zero-order valence-corrected chi connectivity index (χ0v) is 16.2. The number of hydrogen-bond donors (Lipinski definition) is 2. The van der Waals surface area contributed by atoms with Gasteiger partial charge in [0.05, 0.1) is 4.92 Å². The largest absolute Gasteiger partial charge is 0.354 e. The molecule has 1 saturated heterocycles. The van der Waals surface area contributed by atoms with Crippen LogP contribution in [0.4, 0.5) is 5.69 Å². The van der Waals surface area contributed by atoms with E-state index in [2.05, 4.69) is 50.9 Å². The SMILES string of the molecule is CN=C(NCc1ccc([N+](=O)[O-])cc1)NC1CCN(Cc2ccccc2)CC1. The Hall–Kier alpha value is -2.93. The van der Waals surface area contributed by atoms with Gasteiger partial charge in [0.15, 0.2) is 5.96 Å². The number of likely N-dealkylation sites (tertiary alicyclic amines) is 1. The van der Waals surface area contributed by atoms with Gasteiger partial charge in [0.2, 0.25) is 0 Å². The molecular weight excluding hydrogens is 354 g/mol. The van der Waals surface area contributed by atoms with E-state index >= 15 is 0 Å². The van der Waals surface area contributed by atoms with Crippen molar-refractivity contribution in [2.24, 2.45) is 4.99 Å². The quantitative estimate of drug-likeness (QED) is 0.348. The van der Waals surface area contributed by atoms with Gasteiger partial charge >= 0.3 is 0 Å². The van der Waals surface area contributed by atoms with Gasteiger partial charge in [0.1, 0.15) is 0 Å². The van der Waals surface area contributed by atoms with Crippen molar-refractivity contribution in [3.63, 3.8) is 0 Å². The van der Waals surface area contributed by atoms with E-state index in [1.807, 2.05) is 0 Å². The maximum Gasteiger partial charge on any atom is 0.269 e. The molecule has 0 aromatic heterocycles. The Morgan fingerprint density at radius 3 is 2.39 bits per heavy atom. The predicted molar refractivity (Wildman–Crippen MR) is 111 cm³/mol. The van der Waals surface area contributed by atoms with Crippen LogP contribution >= 0.6 is 0 Å². The van der Waals surface area contributed by atoms with Crippen LogP contribution in [0.15, 0.2) is 59.6 Å². The first-order valence-electron chi connectivity index (χ1n) is 9.61. The van der Waals surface area contributed by atoms with E-state index in [1.165, 1.54) is 17.7 Å². The molecule has 0 aliphatic carbocycles. The number of non-ortho nitro benzene ring substituents is 1. The minimum absolute atomic E-state index is 0.105. The zero-order valence-electron chi connectivity index (χ0n) is 16.2. The Labute approximate surface area is 165 Å². The maximum absolute atomic E-state index is 10.7. The van der Waals surface area contributed by atoms with Crippen LogP contribution in [0.5, 0.6) is 0 Å². The van der Waals surface area contributed by atoms with Crippen LogP contribution in [0.2, 0.25) is 0 Å². The first-order chi connectivity index (χ1) is 13.6. The van der Waals surface area contributed by atoms with Crippen molar-refractivity contribution in [2.45, 2.75) is 32.0 Å². The van der Waals surface area contributed by atoms with Crippen molar-refractivity contribution >= 4 is 11.6 Å². The van der Waals surface area contributed by atoms with E-state index in [0.717, 1.165) is 44.0 Å². The first kappa shape index (κ1) is 19.8. The lowest BCUT2D eigenvalue weighted by Crippen LogP contribution is -2.48. The zero-order chi connectivity index (χ0) is 19.8. The maximum atomic E-state index is 10.7. The molecule has 1 aliphatic rings. The number of aliphatic imine (C=N–C) groups is 1. The van der Waals surface area contributed by atoms with Crippen LogP contribution in [0.25, 0.3) is 0 Å². The molecule has 2 aromatic carbocycles. The molecule has 7 heteroatoms. The molecule has 2 aromatic rings. The standard InChI is InChI=1S/C21H27N5O2/c1-22-21(23-15-17-7-9-20(10-8-17)26(27)28)24-19-11-13-25(14-12-19)16-18-5-3-2-4-6-18/h2-10,19H,11-16H2,1H3,(H2,22,23,24). The molecule has 0 bridgehead atoms. The second-order valence-corrected chi connectivity index (χ2v) is 7.03. The van der Waals surface area contributed by atoms with E-state index in [4.69, 9.17) is 0 Å². The van der Waals surface area contributed by atoms with Gasteiger partial charge in [0.25, 0.3) is 5.69 Å². The summed E-state index contributed by atoms with van der Waals surface area (Å²) in [5, 5.41) is 17.5. The second-order valence-electron chi connectivity index (χ2n) is 7.03. The fourth-order valence-corrected chi connectivity index (χ4v) is 3.39. The molecular formula is C21H27N5O2. The highest BCUT2D eigenvalue weighted by atomic mass is 16.6. The van der Waals surface area contributed by atoms with Crippen molar-refractivity contribution in [3.8, 4) is 0 Å². The van der Waals surface area contributed by atoms with Crippen molar-refractivity contribution in [1.82, 2.24) is 15.5 Å². The van der Waals surface area contributed by atoms with Gasteiger partial charge in [0, 0.05) is 51.4 Å². The summed E-state index contributed by atoms with van der Waals surface area (Å²) in [5.74, 6) is 0.764. The summed E-state index contributed by atoms with van der Waals surface area (Å²) < 4.78 is 0. The third kappa shape index (κ3) is 5.79. The van der Waals surface area contributed by atoms with Crippen LogP contribution in [-0.4, -0.2) is 42.0 Å². The highest BCUT2D eigenvalue weighted by Crippen LogP contribution is 2.14. The summed E-state index contributed by atoms with van der Waals surface area (Å²) >= 11 is 0. The molecule has 1 aliphatic heterocycles. The molecule has 0 atom stereocenters. The third-order valence-electron chi connectivity index (χ3n) is 5.01. The molecule has 1 fully saturated rings. The second kappa shape index (κ2) is 9.85. The van der Waals surface area contributed by atoms with Crippen LogP contribution in [-0.2, 0) is 13.1 Å². The Bertz CT molecular complexity index is 784. The summed E-state index contributed by atoms with van der Waals surface area (Å²) in [6.45, 7) is 3.70. The number of rotatable bonds is 6. The van der Waals surface area contributed by atoms with Crippen molar-refractivity contribution < 1.29 is 4.92 Å². The third-order valence-corrected chi connectivity index (χ3v) is 5.01. The molecule has 7 nitrogen and oxygen atoms in total. The predicted octanol–water partition coefficient (Wildman–Crippen LogP) is 2.92. The monoisotopic (exact) mass is 381 g/mol. The summed E-state index contributed by atoms with van der Waals surface area (Å²) in [6.07, 6.45) is 2.15. The van der Waals surface area contributed by atoms with Gasteiger partial charge in [-0.25, -0.2) is 0 Å². The number of hydrogen-bond acceptors (Lipinski definition) is 4. The lowest BCUT2D eigenvalue weighted by molar-refractivity contribution is -0.384. The van der Waals surface area contributed by atoms with E-state index in [0.29, 0.717) is 12.6 Å². The number of guanidine groups is 1. The van der Waals surface area contributed by atoms with Gasteiger partial charge < -0.3 is 10.6 Å². The highest BCUT2D eigenvalue weighted by Gasteiger charge is 2.20. The smallest absolute Gasteiger partial charge is 0.269 e. The number of nitrogens with one attached hydrogen (secondary N) is 2. The number of nitrogens with zero attached hydrogens (tertiary/aromatic N) is 3. The Morgan fingerprint density at radius 2 is 1.79 bits per heavy atom. The van der Waals surface area contributed by atoms with Crippen LogP contribution < -0.4 is 10.6 Å². The van der Waals surface area contributed by atoms with Gasteiger partial charge in [-0.2, -0.15) is 0 Å². The van der Waals surface area contributed by atoms with E-state index < -0.39 is 0 Å². The number of nitro benzene ring substituents is 1. The van der Waals surface area contributed by atoms with E-state index in [-0.39, 0.29) is 10.6 Å². The molecule has 28 heavy (non-hydrogen) atoms. The van der Waals surface area contributed by atoms with E-state index in [1.54, 1.807) is 19.2 Å². The lowest BCUT2D eigenvalue weighted by atomic mass is 10.0. The average molecular weight is 381 g/mol. The van der Waals surface area contributed by atoms with Crippen LogP contribution in [0.1, 0.15) is 24.0 Å². The highest BCUT2D eigenvalue weighted by molar-refractivity contribution is 5.79. The fraction of sp³-hybridized carbons (Fsp3) is 0.381. The summed E-state index contributed by atoms with van der Waals surface area (Å²) in [7, 11) is 1.76. The number of piperidine rings is 1. The minimum atomic E-state index is -0.387. The summed E-state index contributed by atoms with van der Waals surface area (Å²) in [5.41, 5.74) is 2.44. The molecule has 1 heterocycles. The fourth-order valence-electron chi connectivity index (χ4n) is 3.39. The Morgan fingerprint density at radius 1 is 1.11 bits per heavy atom. The molecule has 3 rings (SSSR count). The van der Waals surface area contributed by atoms with E-state index in [9.17, 15) is 10.1 Å². The average Bonchev–Trinajstić information content (AvgIpc) is 2.73. The minimum Gasteiger partial charge on any atom is -0.354 e. The molecule has 0 amide bonds. The molecule has 0 unspecified atom stereocenters. The molecule has 0 saturated carbocycles. The van der Waals surface area contributed by atoms with Crippen LogP contribution in [0.3, 0.4) is 0 Å². The van der Waals surface area contributed by atoms with Crippen molar-refractivity contribution in [1.29, 1.82) is 0 Å². The Kier molecular flexibility index (Phi) is 6.97. The molecule has 2 N–H and O–H groups in total. The Balaban J connectivity index is 1.42. The van der Waals surface area contributed by atoms with Gasteiger partial charge in [-0.1, -0.05) is 42.5 Å². The molecule has 148 valence electrons.